The molecule has 1 amide bonds. The Balaban J connectivity index is 1.85. The Kier molecular flexibility index (Phi) is 4.18. The standard InChI is InChI=1S/C13H22N2O2/c1-10(12-7-14-8-12)13(16)15-5-3-11(4-6-15)9-17-2/h3,10,12,14H,4-9H2,1-2H3. The average Bonchev–Trinajstić information content (AvgIpc) is 2.27. The minimum Gasteiger partial charge on any atom is -0.380 e. The van der Waals surface area contributed by atoms with E-state index < -0.39 is 0 Å². The fourth-order valence-corrected chi connectivity index (χ4v) is 2.38. The first-order valence-corrected chi connectivity index (χ1v) is 6.38. The molecule has 0 aromatic heterocycles. The van der Waals surface area contributed by atoms with Crippen LogP contribution in [0.3, 0.4) is 0 Å². The van der Waals surface area contributed by atoms with Crippen LogP contribution in [0.5, 0.6) is 0 Å². The summed E-state index contributed by atoms with van der Waals surface area (Å²) in [5.41, 5.74) is 1.31. The Morgan fingerprint density at radius 2 is 2.41 bits per heavy atom. The van der Waals surface area contributed by atoms with Crippen LogP contribution < -0.4 is 5.32 Å². The van der Waals surface area contributed by atoms with E-state index >= 15 is 0 Å². The first-order valence-electron chi connectivity index (χ1n) is 6.38. The lowest BCUT2D eigenvalue weighted by Gasteiger charge is -2.36. The lowest BCUT2D eigenvalue weighted by molar-refractivity contribution is -0.137. The van der Waals surface area contributed by atoms with Gasteiger partial charge in [-0.2, -0.15) is 0 Å². The van der Waals surface area contributed by atoms with Crippen molar-refractivity contribution in [2.45, 2.75) is 13.3 Å². The molecule has 96 valence electrons. The second-order valence-corrected chi connectivity index (χ2v) is 5.04. The van der Waals surface area contributed by atoms with Crippen molar-refractivity contribution in [2.24, 2.45) is 11.8 Å². The largest absolute Gasteiger partial charge is 0.380 e. The maximum atomic E-state index is 12.2. The molecular weight excluding hydrogens is 216 g/mol. The topological polar surface area (TPSA) is 41.6 Å². The molecular formula is C13H22N2O2. The number of hydrogen-bond acceptors (Lipinski definition) is 3. The number of ether oxygens (including phenoxy) is 1. The van der Waals surface area contributed by atoms with Gasteiger partial charge in [-0.1, -0.05) is 13.0 Å². The van der Waals surface area contributed by atoms with Crippen LogP contribution >= 0.6 is 0 Å². The fraction of sp³-hybridized carbons (Fsp3) is 0.769. The Morgan fingerprint density at radius 1 is 1.65 bits per heavy atom. The van der Waals surface area contributed by atoms with Gasteiger partial charge in [0.05, 0.1) is 6.61 Å². The zero-order chi connectivity index (χ0) is 12.3. The van der Waals surface area contributed by atoms with Gasteiger partial charge >= 0.3 is 0 Å². The van der Waals surface area contributed by atoms with Gasteiger partial charge in [-0.25, -0.2) is 0 Å². The lowest BCUT2D eigenvalue weighted by atomic mass is 9.87. The SMILES string of the molecule is COCC1=CCN(C(=O)C(C)C2CNC2)CC1. The second-order valence-electron chi connectivity index (χ2n) is 5.04. The number of methoxy groups -OCH3 is 1. The van der Waals surface area contributed by atoms with Crippen LogP contribution in [0.15, 0.2) is 11.6 Å². The summed E-state index contributed by atoms with van der Waals surface area (Å²) >= 11 is 0. The van der Waals surface area contributed by atoms with Crippen molar-refractivity contribution >= 4 is 5.91 Å². The zero-order valence-corrected chi connectivity index (χ0v) is 10.7. The molecule has 0 bridgehead atoms. The Hall–Kier alpha value is -0.870. The number of nitrogens with zero attached hydrogens (tertiary/aromatic N) is 1. The molecule has 1 atom stereocenters. The maximum Gasteiger partial charge on any atom is 0.226 e. The van der Waals surface area contributed by atoms with E-state index in [1.165, 1.54) is 5.57 Å². The van der Waals surface area contributed by atoms with E-state index in [4.69, 9.17) is 4.74 Å². The average molecular weight is 238 g/mol. The van der Waals surface area contributed by atoms with Gasteiger partial charge in [-0.3, -0.25) is 4.79 Å². The summed E-state index contributed by atoms with van der Waals surface area (Å²) in [4.78, 5) is 14.2. The van der Waals surface area contributed by atoms with Crippen molar-refractivity contribution in [1.82, 2.24) is 10.2 Å². The van der Waals surface area contributed by atoms with Gasteiger partial charge < -0.3 is 15.0 Å². The van der Waals surface area contributed by atoms with Gasteiger partial charge in [0.1, 0.15) is 0 Å². The van der Waals surface area contributed by atoms with Gasteiger partial charge in [-0.15, -0.1) is 0 Å². The number of carbonyl (C=O) groups is 1. The smallest absolute Gasteiger partial charge is 0.226 e. The summed E-state index contributed by atoms with van der Waals surface area (Å²) in [5.74, 6) is 1.00. The highest BCUT2D eigenvalue weighted by molar-refractivity contribution is 5.79. The van der Waals surface area contributed by atoms with Crippen LogP contribution in [0.4, 0.5) is 0 Å². The molecule has 2 aliphatic heterocycles. The van der Waals surface area contributed by atoms with E-state index in [2.05, 4.69) is 18.3 Å². The van der Waals surface area contributed by atoms with E-state index in [9.17, 15) is 4.79 Å². The molecule has 1 saturated heterocycles. The first-order chi connectivity index (χ1) is 8.22. The first kappa shape index (κ1) is 12.6. The molecule has 2 aliphatic rings. The van der Waals surface area contributed by atoms with Crippen LogP contribution in [-0.4, -0.2) is 50.7 Å². The Labute approximate surface area is 103 Å². The van der Waals surface area contributed by atoms with Gasteiger partial charge in [0.15, 0.2) is 0 Å². The maximum absolute atomic E-state index is 12.2. The zero-order valence-electron chi connectivity index (χ0n) is 10.7. The van der Waals surface area contributed by atoms with Crippen LogP contribution in [0, 0.1) is 11.8 Å². The van der Waals surface area contributed by atoms with E-state index in [1.54, 1.807) is 7.11 Å². The summed E-state index contributed by atoms with van der Waals surface area (Å²) in [5, 5.41) is 3.22. The number of nitrogens with one attached hydrogen (secondary N) is 1. The third-order valence-corrected chi connectivity index (χ3v) is 3.85. The van der Waals surface area contributed by atoms with E-state index in [1.807, 2.05) is 4.90 Å². The Morgan fingerprint density at radius 3 is 2.88 bits per heavy atom. The molecule has 2 rings (SSSR count). The lowest BCUT2D eigenvalue weighted by Crippen LogP contribution is -2.51. The van der Waals surface area contributed by atoms with Crippen molar-refractivity contribution in [1.29, 1.82) is 0 Å². The minimum atomic E-state index is 0.161. The van der Waals surface area contributed by atoms with E-state index in [0.29, 0.717) is 18.4 Å². The quantitative estimate of drug-likeness (QED) is 0.731. The number of amides is 1. The molecule has 1 N–H and O–H groups in total. The molecule has 0 aromatic carbocycles. The molecule has 1 unspecified atom stereocenters. The predicted octanol–water partition coefficient (Wildman–Crippen LogP) is 0.647. The molecule has 4 nitrogen and oxygen atoms in total. The van der Waals surface area contributed by atoms with E-state index in [-0.39, 0.29) is 5.92 Å². The van der Waals surface area contributed by atoms with Crippen molar-refractivity contribution in [3.63, 3.8) is 0 Å². The van der Waals surface area contributed by atoms with Gasteiger partial charge in [-0.05, 0) is 31.0 Å². The fourth-order valence-electron chi connectivity index (χ4n) is 2.38. The molecule has 0 aromatic rings. The van der Waals surface area contributed by atoms with Crippen LogP contribution in [-0.2, 0) is 9.53 Å². The highest BCUT2D eigenvalue weighted by Gasteiger charge is 2.31. The minimum absolute atomic E-state index is 0.161. The molecule has 2 heterocycles. The Bertz CT molecular complexity index is 311. The monoisotopic (exact) mass is 238 g/mol. The number of carbonyl (C=O) groups excluding carboxylic acids is 1. The van der Waals surface area contributed by atoms with Crippen molar-refractivity contribution < 1.29 is 9.53 Å². The number of hydrogen-bond donors (Lipinski definition) is 1. The highest BCUT2D eigenvalue weighted by atomic mass is 16.5. The molecule has 0 radical (unpaired) electrons. The van der Waals surface area contributed by atoms with Crippen molar-refractivity contribution in [2.75, 3.05) is 39.9 Å². The van der Waals surface area contributed by atoms with E-state index in [0.717, 1.165) is 32.6 Å². The van der Waals surface area contributed by atoms with Crippen molar-refractivity contribution in [3.05, 3.63) is 11.6 Å². The van der Waals surface area contributed by atoms with Crippen LogP contribution in [0.25, 0.3) is 0 Å². The van der Waals surface area contributed by atoms with Crippen LogP contribution in [0.1, 0.15) is 13.3 Å². The van der Waals surface area contributed by atoms with Crippen molar-refractivity contribution in [3.8, 4) is 0 Å². The normalized spacial score (nSPS) is 22.9. The van der Waals surface area contributed by atoms with Gasteiger partial charge in [0, 0.05) is 26.1 Å². The second kappa shape index (κ2) is 5.65. The summed E-state index contributed by atoms with van der Waals surface area (Å²) in [6, 6.07) is 0. The van der Waals surface area contributed by atoms with Gasteiger partial charge in [0.25, 0.3) is 0 Å². The highest BCUT2D eigenvalue weighted by Crippen LogP contribution is 2.20. The third-order valence-electron chi connectivity index (χ3n) is 3.85. The molecule has 4 heteroatoms. The molecule has 0 saturated carbocycles. The third kappa shape index (κ3) is 2.87. The number of rotatable bonds is 4. The van der Waals surface area contributed by atoms with Gasteiger partial charge in [0.2, 0.25) is 5.91 Å². The summed E-state index contributed by atoms with van der Waals surface area (Å²) < 4.78 is 5.11. The molecule has 0 aliphatic carbocycles. The molecule has 17 heavy (non-hydrogen) atoms. The summed E-state index contributed by atoms with van der Waals surface area (Å²) in [7, 11) is 1.71. The molecule has 1 fully saturated rings. The molecule has 0 spiro atoms. The summed E-state index contributed by atoms with van der Waals surface area (Å²) in [6.45, 7) is 6.34. The summed E-state index contributed by atoms with van der Waals surface area (Å²) in [6.07, 6.45) is 3.09. The van der Waals surface area contributed by atoms with Crippen LogP contribution in [0.2, 0.25) is 0 Å². The predicted molar refractivity (Wildman–Crippen MR) is 66.7 cm³/mol.